The van der Waals surface area contributed by atoms with Crippen LogP contribution in [0, 0.1) is 11.6 Å². The van der Waals surface area contributed by atoms with E-state index in [0.29, 0.717) is 28.0 Å². The van der Waals surface area contributed by atoms with E-state index in [9.17, 15) is 13.9 Å². The van der Waals surface area contributed by atoms with Gasteiger partial charge in [0.1, 0.15) is 17.2 Å². The molecule has 1 aromatic heterocycles. The zero-order valence-electron chi connectivity index (χ0n) is 19.1. The van der Waals surface area contributed by atoms with Gasteiger partial charge in [-0.25, -0.2) is 13.8 Å². The fourth-order valence-corrected chi connectivity index (χ4v) is 4.62. The zero-order chi connectivity index (χ0) is 24.5. The molecule has 1 N–H and O–H groups in total. The number of methoxy groups -OCH3 is 1. The van der Waals surface area contributed by atoms with Gasteiger partial charge in [0.2, 0.25) is 5.88 Å². The fraction of sp³-hybridized carbons (Fsp3) is 0.222. The van der Waals surface area contributed by atoms with Crippen molar-refractivity contribution in [1.29, 1.82) is 0 Å². The summed E-state index contributed by atoms with van der Waals surface area (Å²) in [5, 5.41) is 12.8. The Morgan fingerprint density at radius 1 is 1.00 bits per heavy atom. The molecule has 4 nitrogen and oxygen atoms in total. The standard InChI is InChI=1S/C27H25BrF2N2O2/c1-32(2)10-9-27(33,19-13-21(29)16-22(30)14-19)24-15-20(28)11-18-12-23(17-7-5-4-6-8-17)26(34-3)31-25(18)24/h4-8,11-16,33H,9-10H2,1-3H3. The highest BCUT2D eigenvalue weighted by molar-refractivity contribution is 9.10. The molecule has 34 heavy (non-hydrogen) atoms. The van der Waals surface area contributed by atoms with Crippen LogP contribution in [0.15, 0.2) is 71.2 Å². The maximum absolute atomic E-state index is 14.2. The van der Waals surface area contributed by atoms with Crippen LogP contribution < -0.4 is 4.74 Å². The van der Waals surface area contributed by atoms with Crippen molar-refractivity contribution < 1.29 is 18.6 Å². The number of aromatic nitrogens is 1. The van der Waals surface area contributed by atoms with Crippen molar-refractivity contribution in [3.8, 4) is 17.0 Å². The monoisotopic (exact) mass is 526 g/mol. The van der Waals surface area contributed by atoms with Gasteiger partial charge >= 0.3 is 0 Å². The summed E-state index contributed by atoms with van der Waals surface area (Å²) in [6, 6.07) is 18.5. The number of nitrogens with zero attached hydrogens (tertiary/aromatic N) is 2. The summed E-state index contributed by atoms with van der Waals surface area (Å²) < 4.78 is 34.8. The van der Waals surface area contributed by atoms with Gasteiger partial charge in [-0.15, -0.1) is 0 Å². The molecule has 4 rings (SSSR count). The number of hydrogen-bond donors (Lipinski definition) is 1. The van der Waals surface area contributed by atoms with Gasteiger partial charge in [-0.2, -0.15) is 0 Å². The van der Waals surface area contributed by atoms with Crippen LogP contribution in [0.4, 0.5) is 8.78 Å². The van der Waals surface area contributed by atoms with Gasteiger partial charge in [0.25, 0.3) is 0 Å². The summed E-state index contributed by atoms with van der Waals surface area (Å²) in [6.45, 7) is 0.474. The van der Waals surface area contributed by atoms with Crippen LogP contribution in [-0.4, -0.2) is 42.7 Å². The summed E-state index contributed by atoms with van der Waals surface area (Å²) in [5.41, 5.74) is 1.08. The Morgan fingerprint density at radius 3 is 2.29 bits per heavy atom. The van der Waals surface area contributed by atoms with Crippen molar-refractivity contribution in [3.05, 3.63) is 94.0 Å². The molecule has 0 fully saturated rings. The number of aliphatic hydroxyl groups is 1. The van der Waals surface area contributed by atoms with E-state index in [-0.39, 0.29) is 12.0 Å². The number of halogens is 3. The predicted molar refractivity (Wildman–Crippen MR) is 134 cm³/mol. The number of ether oxygens (including phenoxy) is 1. The first-order chi connectivity index (χ1) is 16.2. The molecule has 1 unspecified atom stereocenters. The lowest BCUT2D eigenvalue weighted by Gasteiger charge is -2.32. The SMILES string of the molecule is COc1nc2c(C(O)(CCN(C)C)c3cc(F)cc(F)c3)cc(Br)cc2cc1-c1ccccc1. The number of pyridine rings is 1. The minimum atomic E-state index is -1.71. The van der Waals surface area contributed by atoms with Crippen molar-refractivity contribution in [1.82, 2.24) is 9.88 Å². The molecule has 0 aliphatic rings. The second kappa shape index (κ2) is 9.78. The van der Waals surface area contributed by atoms with Crippen LogP contribution in [0.25, 0.3) is 22.0 Å². The fourth-order valence-electron chi connectivity index (χ4n) is 4.14. The molecule has 0 saturated heterocycles. The van der Waals surface area contributed by atoms with E-state index in [0.717, 1.165) is 22.6 Å². The molecule has 1 atom stereocenters. The van der Waals surface area contributed by atoms with Gasteiger partial charge in [0.05, 0.1) is 12.6 Å². The maximum Gasteiger partial charge on any atom is 0.221 e. The van der Waals surface area contributed by atoms with Crippen LogP contribution in [0.5, 0.6) is 5.88 Å². The minimum absolute atomic E-state index is 0.124. The molecule has 0 bridgehead atoms. The van der Waals surface area contributed by atoms with Crippen molar-refractivity contribution in [2.75, 3.05) is 27.7 Å². The smallest absolute Gasteiger partial charge is 0.221 e. The summed E-state index contributed by atoms with van der Waals surface area (Å²) in [7, 11) is 5.29. The molecule has 0 aliphatic carbocycles. The molecule has 1 heterocycles. The molecule has 0 amide bonds. The first-order valence-corrected chi connectivity index (χ1v) is 11.6. The van der Waals surface area contributed by atoms with Crippen molar-refractivity contribution >= 4 is 26.8 Å². The molecular weight excluding hydrogens is 502 g/mol. The molecule has 7 heteroatoms. The Labute approximate surface area is 206 Å². The number of rotatable bonds is 7. The minimum Gasteiger partial charge on any atom is -0.481 e. The van der Waals surface area contributed by atoms with E-state index < -0.39 is 17.2 Å². The third-order valence-corrected chi connectivity index (χ3v) is 6.29. The first-order valence-electron chi connectivity index (χ1n) is 10.8. The highest BCUT2D eigenvalue weighted by Crippen LogP contribution is 2.41. The summed E-state index contributed by atoms with van der Waals surface area (Å²) in [5.74, 6) is -1.12. The van der Waals surface area contributed by atoms with Crippen LogP contribution in [0.3, 0.4) is 0 Å². The Morgan fingerprint density at radius 2 is 1.68 bits per heavy atom. The van der Waals surface area contributed by atoms with Gasteiger partial charge in [-0.05, 0) is 62.0 Å². The maximum atomic E-state index is 14.2. The van der Waals surface area contributed by atoms with Crippen LogP contribution in [-0.2, 0) is 5.60 Å². The average Bonchev–Trinajstić information content (AvgIpc) is 2.81. The number of benzene rings is 3. The predicted octanol–water partition coefficient (Wildman–Crippen LogP) is 6.14. The topological polar surface area (TPSA) is 45.6 Å². The second-order valence-electron chi connectivity index (χ2n) is 8.51. The van der Waals surface area contributed by atoms with E-state index in [1.165, 1.54) is 12.1 Å². The number of hydrogen-bond acceptors (Lipinski definition) is 4. The zero-order valence-corrected chi connectivity index (χ0v) is 20.7. The van der Waals surface area contributed by atoms with Crippen molar-refractivity contribution in [2.45, 2.75) is 12.0 Å². The lowest BCUT2D eigenvalue weighted by molar-refractivity contribution is 0.0634. The van der Waals surface area contributed by atoms with E-state index in [2.05, 4.69) is 15.9 Å². The normalized spacial score (nSPS) is 13.3. The Balaban J connectivity index is 2.01. The molecule has 0 radical (unpaired) electrons. The van der Waals surface area contributed by atoms with Gasteiger partial charge in [-0.1, -0.05) is 46.3 Å². The summed E-state index contributed by atoms with van der Waals surface area (Å²) >= 11 is 3.54. The average molecular weight is 527 g/mol. The molecule has 4 aromatic rings. The Hall–Kier alpha value is -2.87. The highest BCUT2D eigenvalue weighted by Gasteiger charge is 2.35. The second-order valence-corrected chi connectivity index (χ2v) is 9.42. The molecule has 0 spiro atoms. The molecular formula is C27H25BrF2N2O2. The van der Waals surface area contributed by atoms with Crippen LogP contribution in [0.1, 0.15) is 17.5 Å². The van der Waals surface area contributed by atoms with E-state index in [1.807, 2.05) is 61.5 Å². The van der Waals surface area contributed by atoms with Crippen molar-refractivity contribution in [3.63, 3.8) is 0 Å². The molecule has 0 aliphatic heterocycles. The third kappa shape index (κ3) is 4.82. The quantitative estimate of drug-likeness (QED) is 0.314. The molecule has 0 saturated carbocycles. The van der Waals surface area contributed by atoms with Crippen LogP contribution in [0.2, 0.25) is 0 Å². The molecule has 3 aromatic carbocycles. The van der Waals surface area contributed by atoms with Crippen molar-refractivity contribution in [2.24, 2.45) is 0 Å². The third-order valence-electron chi connectivity index (χ3n) is 5.83. The largest absolute Gasteiger partial charge is 0.481 e. The van der Waals surface area contributed by atoms with E-state index in [4.69, 9.17) is 9.72 Å². The first kappa shape index (κ1) is 24.3. The lowest BCUT2D eigenvalue weighted by Crippen LogP contribution is -2.32. The van der Waals surface area contributed by atoms with Gasteiger partial charge < -0.3 is 14.7 Å². The lowest BCUT2D eigenvalue weighted by atomic mass is 9.82. The van der Waals surface area contributed by atoms with Gasteiger partial charge in [0.15, 0.2) is 0 Å². The summed E-state index contributed by atoms with van der Waals surface area (Å²) in [4.78, 5) is 6.68. The van der Waals surface area contributed by atoms with Crippen LogP contribution >= 0.6 is 15.9 Å². The van der Waals surface area contributed by atoms with E-state index >= 15 is 0 Å². The molecule has 176 valence electrons. The van der Waals surface area contributed by atoms with Gasteiger partial charge in [-0.3, -0.25) is 0 Å². The summed E-state index contributed by atoms with van der Waals surface area (Å²) in [6.07, 6.45) is 0.193. The Kier molecular flexibility index (Phi) is 6.98. The number of fused-ring (bicyclic) bond motifs is 1. The highest BCUT2D eigenvalue weighted by atomic mass is 79.9. The van der Waals surface area contributed by atoms with E-state index in [1.54, 1.807) is 13.2 Å². The van der Waals surface area contributed by atoms with Gasteiger partial charge in [0, 0.05) is 33.6 Å². The Bertz CT molecular complexity index is 1310.